The lowest BCUT2D eigenvalue weighted by molar-refractivity contribution is -0.123. The van der Waals surface area contributed by atoms with E-state index in [0.717, 1.165) is 19.3 Å². The zero-order valence-electron chi connectivity index (χ0n) is 15.7. The molecule has 1 aromatic carbocycles. The van der Waals surface area contributed by atoms with Crippen LogP contribution in [0.15, 0.2) is 24.3 Å². The van der Waals surface area contributed by atoms with Crippen molar-refractivity contribution < 1.29 is 14.4 Å². The molecule has 1 aliphatic heterocycles. The van der Waals surface area contributed by atoms with Crippen molar-refractivity contribution in [1.29, 1.82) is 0 Å². The third-order valence-electron chi connectivity index (χ3n) is 5.34. The van der Waals surface area contributed by atoms with Crippen molar-refractivity contribution in [3.63, 3.8) is 0 Å². The van der Waals surface area contributed by atoms with E-state index in [1.165, 1.54) is 4.90 Å². The van der Waals surface area contributed by atoms with Gasteiger partial charge in [0, 0.05) is 50.3 Å². The predicted octanol–water partition coefficient (Wildman–Crippen LogP) is 1.77. The number of amides is 3. The van der Waals surface area contributed by atoms with Crippen LogP contribution in [0, 0.1) is 11.8 Å². The van der Waals surface area contributed by atoms with Gasteiger partial charge in [0.2, 0.25) is 5.91 Å². The summed E-state index contributed by atoms with van der Waals surface area (Å²) in [5.74, 6) is 0.687. The minimum Gasteiger partial charge on any atom is -0.353 e. The van der Waals surface area contributed by atoms with E-state index in [0.29, 0.717) is 30.1 Å². The summed E-state index contributed by atoms with van der Waals surface area (Å²) in [6.07, 6.45) is 2.54. The van der Waals surface area contributed by atoms with Crippen LogP contribution in [0.1, 0.15) is 46.9 Å². The molecule has 26 heavy (non-hydrogen) atoms. The third kappa shape index (κ3) is 4.06. The molecule has 3 rings (SSSR count). The van der Waals surface area contributed by atoms with Gasteiger partial charge in [0.25, 0.3) is 11.8 Å². The maximum atomic E-state index is 12.7. The summed E-state index contributed by atoms with van der Waals surface area (Å²) in [6.45, 7) is 3.34. The Labute approximate surface area is 154 Å². The van der Waals surface area contributed by atoms with E-state index in [-0.39, 0.29) is 29.7 Å². The van der Waals surface area contributed by atoms with Crippen molar-refractivity contribution in [1.82, 2.24) is 15.1 Å². The zero-order valence-corrected chi connectivity index (χ0v) is 15.7. The molecule has 2 atom stereocenters. The van der Waals surface area contributed by atoms with Gasteiger partial charge in [-0.05, 0) is 43.4 Å². The molecule has 1 saturated carbocycles. The number of nitrogens with one attached hydrogen (secondary N) is 1. The molecule has 0 bridgehead atoms. The summed E-state index contributed by atoms with van der Waals surface area (Å²) in [4.78, 5) is 40.2. The Morgan fingerprint density at radius 2 is 1.73 bits per heavy atom. The van der Waals surface area contributed by atoms with Crippen molar-refractivity contribution >= 4 is 17.7 Å². The summed E-state index contributed by atoms with van der Waals surface area (Å²) in [7, 11) is 3.39. The molecule has 3 amide bonds. The van der Waals surface area contributed by atoms with Crippen molar-refractivity contribution in [2.24, 2.45) is 11.8 Å². The Morgan fingerprint density at radius 3 is 2.31 bits per heavy atom. The maximum absolute atomic E-state index is 12.7. The quantitative estimate of drug-likeness (QED) is 0.893. The van der Waals surface area contributed by atoms with Gasteiger partial charge in [0.1, 0.15) is 0 Å². The average molecular weight is 357 g/mol. The lowest BCUT2D eigenvalue weighted by atomic mass is 10.0. The topological polar surface area (TPSA) is 69.7 Å². The van der Waals surface area contributed by atoms with Gasteiger partial charge in [-0.15, -0.1) is 0 Å². The molecule has 2 aliphatic rings. The second-order valence-corrected chi connectivity index (χ2v) is 7.67. The lowest BCUT2D eigenvalue weighted by Crippen LogP contribution is -2.47. The number of carbonyl (C=O) groups excluding carboxylic acids is 3. The van der Waals surface area contributed by atoms with Gasteiger partial charge in [-0.2, -0.15) is 0 Å². The van der Waals surface area contributed by atoms with E-state index < -0.39 is 0 Å². The first-order valence-electron chi connectivity index (χ1n) is 9.28. The third-order valence-corrected chi connectivity index (χ3v) is 5.34. The summed E-state index contributed by atoms with van der Waals surface area (Å²) < 4.78 is 0. The van der Waals surface area contributed by atoms with Gasteiger partial charge >= 0.3 is 0 Å². The first-order valence-corrected chi connectivity index (χ1v) is 9.28. The van der Waals surface area contributed by atoms with Crippen LogP contribution in [0.5, 0.6) is 0 Å². The fourth-order valence-electron chi connectivity index (χ4n) is 3.45. The number of likely N-dealkylation sites (tertiary alicyclic amines) is 1. The van der Waals surface area contributed by atoms with Crippen molar-refractivity contribution in [3.05, 3.63) is 35.4 Å². The zero-order chi connectivity index (χ0) is 18.8. The fraction of sp³-hybridized carbons (Fsp3) is 0.550. The van der Waals surface area contributed by atoms with Crippen LogP contribution in [0.3, 0.4) is 0 Å². The summed E-state index contributed by atoms with van der Waals surface area (Å²) >= 11 is 0. The van der Waals surface area contributed by atoms with Gasteiger partial charge in [-0.1, -0.05) is 13.0 Å². The minimum atomic E-state index is -0.115. The number of rotatable bonds is 4. The summed E-state index contributed by atoms with van der Waals surface area (Å²) in [5.41, 5.74) is 1.05. The summed E-state index contributed by atoms with van der Waals surface area (Å²) in [5, 5.41) is 3.12. The average Bonchev–Trinajstić information content (AvgIpc) is 3.38. The van der Waals surface area contributed by atoms with Crippen molar-refractivity contribution in [2.75, 3.05) is 27.2 Å². The van der Waals surface area contributed by atoms with Gasteiger partial charge in [-0.3, -0.25) is 14.4 Å². The smallest absolute Gasteiger partial charge is 0.253 e. The predicted molar refractivity (Wildman–Crippen MR) is 98.8 cm³/mol. The second-order valence-electron chi connectivity index (χ2n) is 7.67. The highest BCUT2D eigenvalue weighted by molar-refractivity contribution is 5.99. The van der Waals surface area contributed by atoms with Gasteiger partial charge < -0.3 is 15.1 Å². The molecule has 6 heteroatoms. The molecule has 6 nitrogen and oxygen atoms in total. The van der Waals surface area contributed by atoms with E-state index in [1.54, 1.807) is 38.4 Å². The van der Waals surface area contributed by atoms with Crippen LogP contribution >= 0.6 is 0 Å². The van der Waals surface area contributed by atoms with Gasteiger partial charge in [-0.25, -0.2) is 0 Å². The Bertz CT molecular complexity index is 708. The molecule has 1 saturated heterocycles. The number of hydrogen-bond donors (Lipinski definition) is 1. The molecule has 1 heterocycles. The Hall–Kier alpha value is -2.37. The number of carbonyl (C=O) groups is 3. The van der Waals surface area contributed by atoms with Crippen LogP contribution < -0.4 is 5.32 Å². The Kier molecular flexibility index (Phi) is 5.30. The first kappa shape index (κ1) is 18.4. The first-order chi connectivity index (χ1) is 12.4. The van der Waals surface area contributed by atoms with Gasteiger partial charge in [0.05, 0.1) is 0 Å². The number of benzene rings is 1. The van der Waals surface area contributed by atoms with Crippen molar-refractivity contribution in [2.45, 2.75) is 32.2 Å². The molecule has 0 radical (unpaired) electrons. The van der Waals surface area contributed by atoms with Gasteiger partial charge in [0.15, 0.2) is 0 Å². The molecule has 1 aromatic rings. The van der Waals surface area contributed by atoms with Crippen molar-refractivity contribution in [3.8, 4) is 0 Å². The number of piperidine rings is 1. The number of hydrogen-bond acceptors (Lipinski definition) is 3. The molecular formula is C20H27N3O3. The highest BCUT2D eigenvalue weighted by atomic mass is 16.2. The molecule has 1 aliphatic carbocycles. The van der Waals surface area contributed by atoms with Crippen LogP contribution in [-0.2, 0) is 4.79 Å². The highest BCUT2D eigenvalue weighted by Crippen LogP contribution is 2.37. The second kappa shape index (κ2) is 7.48. The molecule has 1 N–H and O–H groups in total. The Balaban J connectivity index is 1.56. The highest BCUT2D eigenvalue weighted by Gasteiger charge is 2.40. The van der Waals surface area contributed by atoms with E-state index in [9.17, 15) is 14.4 Å². The Morgan fingerprint density at radius 1 is 1.12 bits per heavy atom. The lowest BCUT2D eigenvalue weighted by Gasteiger charge is -2.32. The normalized spacial score (nSPS) is 22.7. The van der Waals surface area contributed by atoms with Crippen LogP contribution in [0.25, 0.3) is 0 Å². The molecule has 0 aromatic heterocycles. The molecular weight excluding hydrogens is 330 g/mol. The monoisotopic (exact) mass is 357 g/mol. The molecule has 2 fully saturated rings. The SMILES string of the molecule is CC1CC1C(=O)NC1CCN(C(=O)c2cccc(C(=O)N(C)C)c2)CC1. The van der Waals surface area contributed by atoms with E-state index in [2.05, 4.69) is 12.2 Å². The summed E-state index contributed by atoms with van der Waals surface area (Å²) in [6, 6.07) is 7.03. The fourth-order valence-corrected chi connectivity index (χ4v) is 3.45. The standard InChI is InChI=1S/C20H27N3O3/c1-13-11-17(13)18(24)21-16-7-9-23(10-8-16)20(26)15-6-4-5-14(12-15)19(25)22(2)3/h4-6,12-13,16-17H,7-11H2,1-3H3,(H,21,24). The largest absolute Gasteiger partial charge is 0.353 e. The molecule has 140 valence electrons. The van der Waals surface area contributed by atoms with E-state index in [4.69, 9.17) is 0 Å². The minimum absolute atomic E-state index is 0.0565. The van der Waals surface area contributed by atoms with E-state index in [1.807, 2.05) is 4.90 Å². The van der Waals surface area contributed by atoms with Crippen LogP contribution in [-0.4, -0.2) is 60.7 Å². The molecule has 0 spiro atoms. The van der Waals surface area contributed by atoms with Crippen LogP contribution in [0.2, 0.25) is 0 Å². The molecule has 2 unspecified atom stereocenters. The van der Waals surface area contributed by atoms with Crippen LogP contribution in [0.4, 0.5) is 0 Å². The number of nitrogens with zero attached hydrogens (tertiary/aromatic N) is 2. The maximum Gasteiger partial charge on any atom is 0.253 e. The van der Waals surface area contributed by atoms with E-state index >= 15 is 0 Å².